The number of fused-ring (bicyclic) bond motifs is 2. The van der Waals surface area contributed by atoms with Gasteiger partial charge < -0.3 is 15.4 Å². The number of rotatable bonds is 2. The van der Waals surface area contributed by atoms with E-state index in [1.54, 1.807) is 0 Å². The molecule has 6 atom stereocenters. The molecular weight excluding hydrogens is 345 g/mol. The van der Waals surface area contributed by atoms with Crippen LogP contribution in [0.2, 0.25) is 0 Å². The second-order valence-corrected chi connectivity index (χ2v) is 8.20. The van der Waals surface area contributed by atoms with Gasteiger partial charge in [0, 0.05) is 19.6 Å². The summed E-state index contributed by atoms with van der Waals surface area (Å²) in [6.45, 7) is 0.00375. The van der Waals surface area contributed by atoms with E-state index in [-0.39, 0.29) is 24.8 Å². The molecule has 4 rings (SSSR count). The number of halogens is 2. The van der Waals surface area contributed by atoms with Gasteiger partial charge in [0.1, 0.15) is 18.1 Å². The lowest BCUT2D eigenvalue weighted by Crippen LogP contribution is -2.35. The van der Waals surface area contributed by atoms with Crippen LogP contribution in [0.3, 0.4) is 0 Å². The molecule has 1 amide bonds. The summed E-state index contributed by atoms with van der Waals surface area (Å²) in [6, 6.07) is 1.75. The van der Waals surface area contributed by atoms with Crippen molar-refractivity contribution in [3.05, 3.63) is 0 Å². The Balaban J connectivity index is 0.000000147. The number of carbonyl (C=O) groups excluding carboxylic acids is 1. The Morgan fingerprint density at radius 2 is 2.12 bits per heavy atom. The number of alkyl halides is 2. The molecule has 0 bridgehead atoms. The number of carbonyl (C=O) groups is 1. The SMILES string of the molecule is COC1C[C@@H]2CC(N)C3(CC3)[C@@H]2C1.N#CC1CC(F)CN1C(=O)CCl. The summed E-state index contributed by atoms with van der Waals surface area (Å²) >= 11 is 5.28. The van der Waals surface area contributed by atoms with Crippen LogP contribution in [0.4, 0.5) is 4.39 Å². The van der Waals surface area contributed by atoms with Crippen molar-refractivity contribution in [3.8, 4) is 6.07 Å². The zero-order chi connectivity index (χ0) is 18.2. The van der Waals surface area contributed by atoms with Crippen LogP contribution in [0.5, 0.6) is 0 Å². The summed E-state index contributed by atoms with van der Waals surface area (Å²) in [5, 5.41) is 8.54. The molecule has 25 heavy (non-hydrogen) atoms. The summed E-state index contributed by atoms with van der Waals surface area (Å²) in [6.07, 6.45) is 6.19. The zero-order valence-corrected chi connectivity index (χ0v) is 15.4. The van der Waals surface area contributed by atoms with E-state index in [2.05, 4.69) is 0 Å². The normalized spacial score (nSPS) is 40.4. The van der Waals surface area contributed by atoms with Crippen molar-refractivity contribution in [2.45, 2.75) is 62.9 Å². The quantitative estimate of drug-likeness (QED) is 0.755. The predicted molar refractivity (Wildman–Crippen MR) is 92.6 cm³/mol. The monoisotopic (exact) mass is 371 g/mol. The van der Waals surface area contributed by atoms with Gasteiger partial charge in [0.25, 0.3) is 0 Å². The van der Waals surface area contributed by atoms with Gasteiger partial charge in [-0.3, -0.25) is 4.79 Å². The van der Waals surface area contributed by atoms with Crippen molar-refractivity contribution in [3.63, 3.8) is 0 Å². The molecule has 1 saturated heterocycles. The molecule has 0 radical (unpaired) electrons. The highest BCUT2D eigenvalue weighted by molar-refractivity contribution is 6.27. The van der Waals surface area contributed by atoms with E-state index < -0.39 is 12.2 Å². The number of hydrogen-bond acceptors (Lipinski definition) is 4. The molecule has 3 saturated carbocycles. The highest BCUT2D eigenvalue weighted by atomic mass is 35.5. The van der Waals surface area contributed by atoms with Crippen molar-refractivity contribution in [2.75, 3.05) is 19.5 Å². The van der Waals surface area contributed by atoms with Gasteiger partial charge in [-0.15, -0.1) is 11.6 Å². The standard InChI is InChI=1S/C11H19NO.C7H8ClFN2O/c1-13-8-4-7-5-10(12)11(2-3-11)9(7)6-8;8-2-7(12)11-4-5(9)1-6(11)3-10/h7-10H,2-6,12H2,1H3;5-6H,1-2,4H2/t7-,8?,9-,10?;/m1./s1. The Morgan fingerprint density at radius 1 is 1.40 bits per heavy atom. The smallest absolute Gasteiger partial charge is 0.238 e. The van der Waals surface area contributed by atoms with E-state index in [0.29, 0.717) is 17.6 Å². The molecule has 0 aromatic carbocycles. The molecule has 0 aromatic rings. The predicted octanol–water partition coefficient (Wildman–Crippen LogP) is 2.23. The number of nitriles is 1. The van der Waals surface area contributed by atoms with Gasteiger partial charge in [-0.05, 0) is 49.4 Å². The molecular formula is C18H27ClFN3O2. The van der Waals surface area contributed by atoms with E-state index in [9.17, 15) is 9.18 Å². The Morgan fingerprint density at radius 3 is 2.68 bits per heavy atom. The second kappa shape index (κ2) is 7.38. The van der Waals surface area contributed by atoms with Gasteiger partial charge in [-0.25, -0.2) is 4.39 Å². The third-order valence-electron chi connectivity index (χ3n) is 6.68. The third-order valence-corrected chi connectivity index (χ3v) is 6.91. The Bertz CT molecular complexity index is 551. The Hall–Kier alpha value is -0.900. The van der Waals surface area contributed by atoms with Gasteiger partial charge in [-0.1, -0.05) is 0 Å². The number of amides is 1. The van der Waals surface area contributed by atoms with Crippen LogP contribution in [0, 0.1) is 28.6 Å². The number of nitrogens with zero attached hydrogens (tertiary/aromatic N) is 2. The van der Waals surface area contributed by atoms with Gasteiger partial charge in [0.15, 0.2) is 0 Å². The van der Waals surface area contributed by atoms with E-state index >= 15 is 0 Å². The highest BCUT2D eigenvalue weighted by Gasteiger charge is 2.62. The number of methoxy groups -OCH3 is 1. The van der Waals surface area contributed by atoms with E-state index in [4.69, 9.17) is 27.3 Å². The average molecular weight is 372 g/mol. The molecule has 4 unspecified atom stereocenters. The van der Waals surface area contributed by atoms with Crippen molar-refractivity contribution in [1.29, 1.82) is 5.26 Å². The summed E-state index contributed by atoms with van der Waals surface area (Å²) in [5.74, 6) is 1.24. The van der Waals surface area contributed by atoms with Crippen LogP contribution in [-0.2, 0) is 9.53 Å². The molecule has 3 aliphatic carbocycles. The topological polar surface area (TPSA) is 79.3 Å². The molecule has 5 nitrogen and oxygen atoms in total. The maximum Gasteiger partial charge on any atom is 0.238 e. The second-order valence-electron chi connectivity index (χ2n) is 7.93. The summed E-state index contributed by atoms with van der Waals surface area (Å²) in [5.41, 5.74) is 6.79. The lowest BCUT2D eigenvalue weighted by molar-refractivity contribution is -0.128. The molecule has 0 aromatic heterocycles. The van der Waals surface area contributed by atoms with Gasteiger partial charge in [-0.2, -0.15) is 5.26 Å². The van der Waals surface area contributed by atoms with E-state index in [1.165, 1.54) is 37.0 Å². The first-order chi connectivity index (χ1) is 11.9. The number of likely N-dealkylation sites (tertiary alicyclic amines) is 1. The van der Waals surface area contributed by atoms with Crippen LogP contribution in [0.15, 0.2) is 0 Å². The van der Waals surface area contributed by atoms with E-state index in [0.717, 1.165) is 11.8 Å². The minimum atomic E-state index is -1.08. The third kappa shape index (κ3) is 3.51. The minimum Gasteiger partial charge on any atom is -0.381 e. The lowest BCUT2D eigenvalue weighted by atomic mass is 9.88. The molecule has 140 valence electrons. The van der Waals surface area contributed by atoms with Crippen LogP contribution in [-0.4, -0.2) is 54.7 Å². The summed E-state index contributed by atoms with van der Waals surface area (Å²) in [4.78, 5) is 12.2. The zero-order valence-electron chi connectivity index (χ0n) is 14.7. The van der Waals surface area contributed by atoms with Crippen molar-refractivity contribution in [2.24, 2.45) is 23.0 Å². The maximum absolute atomic E-state index is 12.7. The molecule has 2 N–H and O–H groups in total. The summed E-state index contributed by atoms with van der Waals surface area (Å²) in [7, 11) is 1.85. The van der Waals surface area contributed by atoms with Crippen LogP contribution < -0.4 is 5.73 Å². The first-order valence-electron chi connectivity index (χ1n) is 9.12. The molecule has 4 aliphatic rings. The Labute approximate surface area is 153 Å². The maximum atomic E-state index is 12.7. The minimum absolute atomic E-state index is 0.00375. The Kier molecular flexibility index (Phi) is 5.57. The average Bonchev–Trinajstić information content (AvgIpc) is 3.09. The van der Waals surface area contributed by atoms with Crippen molar-refractivity contribution in [1.82, 2.24) is 4.90 Å². The number of nitrogens with two attached hydrogens (primary N) is 1. The molecule has 4 fully saturated rings. The molecule has 1 aliphatic heterocycles. The fraction of sp³-hybridized carbons (Fsp3) is 0.889. The number of ether oxygens (including phenoxy) is 1. The van der Waals surface area contributed by atoms with Crippen molar-refractivity contribution >= 4 is 17.5 Å². The largest absolute Gasteiger partial charge is 0.381 e. The molecule has 1 heterocycles. The molecule has 1 spiro atoms. The number of hydrogen-bond donors (Lipinski definition) is 1. The molecule has 7 heteroatoms. The van der Waals surface area contributed by atoms with Crippen LogP contribution in [0.25, 0.3) is 0 Å². The van der Waals surface area contributed by atoms with E-state index in [1.807, 2.05) is 13.2 Å². The highest BCUT2D eigenvalue weighted by Crippen LogP contribution is 2.66. The van der Waals surface area contributed by atoms with Crippen LogP contribution in [0.1, 0.15) is 38.5 Å². The first-order valence-corrected chi connectivity index (χ1v) is 9.66. The fourth-order valence-corrected chi connectivity index (χ4v) is 5.37. The fourth-order valence-electron chi connectivity index (χ4n) is 5.21. The first kappa shape index (κ1) is 18.9. The van der Waals surface area contributed by atoms with Crippen LogP contribution >= 0.6 is 11.6 Å². The van der Waals surface area contributed by atoms with Gasteiger partial charge >= 0.3 is 0 Å². The van der Waals surface area contributed by atoms with Gasteiger partial charge in [0.05, 0.1) is 18.7 Å². The summed E-state index contributed by atoms with van der Waals surface area (Å²) < 4.78 is 18.2. The lowest BCUT2D eigenvalue weighted by Gasteiger charge is -2.21. The van der Waals surface area contributed by atoms with Crippen molar-refractivity contribution < 1.29 is 13.9 Å². The van der Waals surface area contributed by atoms with Gasteiger partial charge in [0.2, 0.25) is 5.91 Å².